The van der Waals surface area contributed by atoms with Crippen LogP contribution in [0.25, 0.3) is 0 Å². The molecule has 1 amide bonds. The average molecular weight is 311 g/mol. The number of amides is 1. The fourth-order valence-corrected chi connectivity index (χ4v) is 2.23. The molecule has 0 saturated heterocycles. The molecule has 0 spiro atoms. The molecule has 84 valence electrons. The van der Waals surface area contributed by atoms with Gasteiger partial charge >= 0.3 is 0 Å². The van der Waals surface area contributed by atoms with E-state index < -0.39 is 0 Å². The minimum atomic E-state index is 0.115. The van der Waals surface area contributed by atoms with Gasteiger partial charge < -0.3 is 5.32 Å². The van der Waals surface area contributed by atoms with Gasteiger partial charge in [0.2, 0.25) is 5.91 Å². The van der Waals surface area contributed by atoms with Gasteiger partial charge in [0.25, 0.3) is 0 Å². The SMILES string of the molecule is CC(C)CC(C)(C)CC(=O)NC(C)I. The van der Waals surface area contributed by atoms with Crippen LogP contribution >= 0.6 is 22.6 Å². The van der Waals surface area contributed by atoms with E-state index in [0.717, 1.165) is 6.42 Å². The van der Waals surface area contributed by atoms with E-state index in [9.17, 15) is 4.79 Å². The first kappa shape index (κ1) is 14.2. The van der Waals surface area contributed by atoms with Gasteiger partial charge in [-0.05, 0) is 24.7 Å². The van der Waals surface area contributed by atoms with Crippen molar-refractivity contribution in [2.45, 2.75) is 51.5 Å². The van der Waals surface area contributed by atoms with Crippen LogP contribution in [0.15, 0.2) is 0 Å². The molecule has 0 aliphatic rings. The number of hydrogen-bond donors (Lipinski definition) is 1. The molecular weight excluding hydrogens is 289 g/mol. The van der Waals surface area contributed by atoms with Crippen molar-refractivity contribution in [3.05, 3.63) is 0 Å². The van der Waals surface area contributed by atoms with Crippen molar-refractivity contribution in [1.82, 2.24) is 5.32 Å². The van der Waals surface area contributed by atoms with E-state index in [1.807, 2.05) is 6.92 Å². The van der Waals surface area contributed by atoms with E-state index >= 15 is 0 Å². The Labute approximate surface area is 101 Å². The second kappa shape index (κ2) is 5.93. The lowest BCUT2D eigenvalue weighted by molar-refractivity contribution is -0.123. The number of carbonyl (C=O) groups excluding carboxylic acids is 1. The topological polar surface area (TPSA) is 29.1 Å². The van der Waals surface area contributed by atoms with Crippen molar-refractivity contribution >= 4 is 28.5 Å². The van der Waals surface area contributed by atoms with Gasteiger partial charge in [0.05, 0.1) is 4.05 Å². The predicted octanol–water partition coefficient (Wildman–Crippen LogP) is 3.35. The van der Waals surface area contributed by atoms with Gasteiger partial charge in [0.15, 0.2) is 0 Å². The maximum Gasteiger partial charge on any atom is 0.221 e. The molecule has 1 unspecified atom stereocenters. The summed E-state index contributed by atoms with van der Waals surface area (Å²) in [6.45, 7) is 10.7. The second-order valence-electron chi connectivity index (χ2n) is 5.12. The third-order valence-electron chi connectivity index (χ3n) is 1.96. The van der Waals surface area contributed by atoms with Crippen LogP contribution in [0.4, 0.5) is 0 Å². The van der Waals surface area contributed by atoms with Crippen molar-refractivity contribution in [1.29, 1.82) is 0 Å². The normalized spacial score (nSPS) is 14.2. The number of halogens is 1. The molecule has 0 saturated carbocycles. The van der Waals surface area contributed by atoms with Crippen LogP contribution in [0.2, 0.25) is 0 Å². The molecule has 0 aromatic heterocycles. The van der Waals surface area contributed by atoms with Crippen LogP contribution in [0, 0.1) is 11.3 Å². The second-order valence-corrected chi connectivity index (χ2v) is 6.99. The Balaban J connectivity index is 4.01. The Kier molecular flexibility index (Phi) is 6.02. The van der Waals surface area contributed by atoms with Gasteiger partial charge in [-0.15, -0.1) is 0 Å². The molecule has 2 nitrogen and oxygen atoms in total. The highest BCUT2D eigenvalue weighted by Crippen LogP contribution is 2.28. The quantitative estimate of drug-likeness (QED) is 0.471. The van der Waals surface area contributed by atoms with E-state index in [2.05, 4.69) is 55.6 Å². The summed E-state index contributed by atoms with van der Waals surface area (Å²) in [6, 6.07) is 0. The standard InChI is InChI=1S/C11H22INO/c1-8(2)6-11(4,5)7-10(14)13-9(3)12/h8-9H,6-7H2,1-5H3,(H,13,14). The zero-order valence-corrected chi connectivity index (χ0v) is 12.0. The molecule has 0 fully saturated rings. The molecule has 0 aromatic rings. The third-order valence-corrected chi connectivity index (χ3v) is 2.27. The summed E-state index contributed by atoms with van der Waals surface area (Å²) in [4.78, 5) is 11.5. The van der Waals surface area contributed by atoms with E-state index in [-0.39, 0.29) is 15.4 Å². The van der Waals surface area contributed by atoms with Crippen LogP contribution in [-0.2, 0) is 4.79 Å². The summed E-state index contributed by atoms with van der Waals surface area (Å²) in [6.07, 6.45) is 1.72. The van der Waals surface area contributed by atoms with E-state index in [4.69, 9.17) is 0 Å². The van der Waals surface area contributed by atoms with E-state index in [1.54, 1.807) is 0 Å². The summed E-state index contributed by atoms with van der Waals surface area (Å²) in [5.74, 6) is 0.812. The third kappa shape index (κ3) is 7.59. The number of alkyl halides is 1. The first-order valence-electron chi connectivity index (χ1n) is 5.16. The monoisotopic (exact) mass is 311 g/mol. The fraction of sp³-hybridized carbons (Fsp3) is 0.909. The molecule has 0 radical (unpaired) electrons. The molecule has 3 heteroatoms. The minimum Gasteiger partial charge on any atom is -0.345 e. The number of rotatable bonds is 5. The van der Waals surface area contributed by atoms with Gasteiger partial charge in [0, 0.05) is 6.42 Å². The maximum atomic E-state index is 11.5. The average Bonchev–Trinajstić information content (AvgIpc) is 1.77. The van der Waals surface area contributed by atoms with Crippen molar-refractivity contribution < 1.29 is 4.79 Å². The maximum absolute atomic E-state index is 11.5. The van der Waals surface area contributed by atoms with Crippen molar-refractivity contribution in [2.75, 3.05) is 0 Å². The Hall–Kier alpha value is 0.200. The summed E-state index contributed by atoms with van der Waals surface area (Å²) < 4.78 is 0.218. The highest BCUT2D eigenvalue weighted by Gasteiger charge is 2.23. The summed E-state index contributed by atoms with van der Waals surface area (Å²) >= 11 is 2.20. The molecule has 0 rings (SSSR count). The van der Waals surface area contributed by atoms with Crippen molar-refractivity contribution in [2.24, 2.45) is 11.3 Å². The van der Waals surface area contributed by atoms with Crippen molar-refractivity contribution in [3.63, 3.8) is 0 Å². The molecule has 0 aromatic carbocycles. The first-order valence-corrected chi connectivity index (χ1v) is 6.41. The molecule has 0 heterocycles. The highest BCUT2D eigenvalue weighted by molar-refractivity contribution is 14.1. The van der Waals surface area contributed by atoms with Crippen LogP contribution in [0.5, 0.6) is 0 Å². The Morgan fingerprint density at radius 2 is 1.86 bits per heavy atom. The molecule has 1 atom stereocenters. The van der Waals surface area contributed by atoms with E-state index in [1.165, 1.54) is 0 Å². The Morgan fingerprint density at radius 3 is 2.21 bits per heavy atom. The first-order chi connectivity index (χ1) is 6.23. The van der Waals surface area contributed by atoms with Crippen molar-refractivity contribution in [3.8, 4) is 0 Å². The van der Waals surface area contributed by atoms with Gasteiger partial charge in [-0.1, -0.05) is 50.3 Å². The Bertz CT molecular complexity index is 188. The van der Waals surface area contributed by atoms with Gasteiger partial charge in [-0.3, -0.25) is 4.79 Å². The number of carbonyl (C=O) groups is 1. The van der Waals surface area contributed by atoms with Gasteiger partial charge in [0.1, 0.15) is 0 Å². The lowest BCUT2D eigenvalue weighted by atomic mass is 9.81. The molecule has 14 heavy (non-hydrogen) atoms. The number of hydrogen-bond acceptors (Lipinski definition) is 1. The van der Waals surface area contributed by atoms with Crippen LogP contribution in [0.1, 0.15) is 47.5 Å². The largest absolute Gasteiger partial charge is 0.345 e. The molecule has 0 aliphatic carbocycles. The predicted molar refractivity (Wildman–Crippen MR) is 69.5 cm³/mol. The molecule has 0 bridgehead atoms. The van der Waals surface area contributed by atoms with Crippen LogP contribution in [0.3, 0.4) is 0 Å². The zero-order chi connectivity index (χ0) is 11.4. The summed E-state index contributed by atoms with van der Waals surface area (Å²) in [5.41, 5.74) is 0.115. The van der Waals surface area contributed by atoms with Crippen LogP contribution < -0.4 is 5.32 Å². The minimum absolute atomic E-state index is 0.115. The Morgan fingerprint density at radius 1 is 1.36 bits per heavy atom. The van der Waals surface area contributed by atoms with E-state index in [0.29, 0.717) is 12.3 Å². The smallest absolute Gasteiger partial charge is 0.221 e. The molecular formula is C11H22INO. The summed E-state index contributed by atoms with van der Waals surface area (Å²) in [7, 11) is 0. The highest BCUT2D eigenvalue weighted by atomic mass is 127. The lowest BCUT2D eigenvalue weighted by Crippen LogP contribution is -2.32. The molecule has 1 N–H and O–H groups in total. The van der Waals surface area contributed by atoms with Gasteiger partial charge in [-0.2, -0.15) is 0 Å². The summed E-state index contributed by atoms with van der Waals surface area (Å²) in [5, 5.41) is 2.92. The number of nitrogens with one attached hydrogen (secondary N) is 1. The molecule has 0 aliphatic heterocycles. The fourth-order valence-electron chi connectivity index (χ4n) is 1.88. The van der Waals surface area contributed by atoms with Crippen LogP contribution in [-0.4, -0.2) is 9.96 Å². The lowest BCUT2D eigenvalue weighted by Gasteiger charge is -2.26. The van der Waals surface area contributed by atoms with Gasteiger partial charge in [-0.25, -0.2) is 0 Å². The zero-order valence-electron chi connectivity index (χ0n) is 9.86.